The van der Waals surface area contributed by atoms with Crippen LogP contribution < -0.4 is 0 Å². The van der Waals surface area contributed by atoms with Gasteiger partial charge >= 0.3 is 5.97 Å². The van der Waals surface area contributed by atoms with E-state index in [0.29, 0.717) is 11.3 Å². The molecular weight excluding hydrogens is 346 g/mol. The van der Waals surface area contributed by atoms with Gasteiger partial charge in [-0.1, -0.05) is 47.7 Å². The Balaban J connectivity index is 1.80. The third-order valence-electron chi connectivity index (χ3n) is 4.03. The number of hydrogen-bond donors (Lipinski definition) is 0. The molecule has 5 nitrogen and oxygen atoms in total. The minimum absolute atomic E-state index is 0.324. The average molecular weight is 367 g/mol. The topological polar surface area (TPSA) is 57.0 Å². The summed E-state index contributed by atoms with van der Waals surface area (Å²) in [6.45, 7) is 4.95. The van der Waals surface area contributed by atoms with Crippen LogP contribution in [0.5, 0.6) is 0 Å². The van der Waals surface area contributed by atoms with Crippen molar-refractivity contribution in [3.05, 3.63) is 65.2 Å². The van der Waals surface area contributed by atoms with Crippen LogP contribution in [0.1, 0.15) is 28.4 Å². The second kappa shape index (κ2) is 8.19. The van der Waals surface area contributed by atoms with Crippen LogP contribution in [0.15, 0.2) is 53.7 Å². The molecule has 0 bridgehead atoms. The van der Waals surface area contributed by atoms with E-state index < -0.39 is 0 Å². The first-order valence-electron chi connectivity index (χ1n) is 8.42. The van der Waals surface area contributed by atoms with Gasteiger partial charge in [0.25, 0.3) is 0 Å². The van der Waals surface area contributed by atoms with Gasteiger partial charge < -0.3 is 9.30 Å². The first-order valence-corrected chi connectivity index (χ1v) is 9.41. The molecule has 0 N–H and O–H groups in total. The van der Waals surface area contributed by atoms with Crippen LogP contribution in [0.25, 0.3) is 11.4 Å². The minimum Gasteiger partial charge on any atom is -0.465 e. The number of esters is 1. The molecule has 0 atom stereocenters. The Morgan fingerprint density at radius 1 is 1.15 bits per heavy atom. The van der Waals surface area contributed by atoms with Crippen LogP contribution in [0, 0.1) is 6.92 Å². The third kappa shape index (κ3) is 3.96. The van der Waals surface area contributed by atoms with Crippen molar-refractivity contribution in [2.45, 2.75) is 31.3 Å². The molecule has 0 aliphatic heterocycles. The summed E-state index contributed by atoms with van der Waals surface area (Å²) in [5, 5.41) is 9.62. The van der Waals surface area contributed by atoms with Gasteiger partial charge in [0.05, 0.1) is 12.7 Å². The Labute approximate surface area is 157 Å². The molecule has 3 aromatic rings. The molecule has 6 heteroatoms. The second-order valence-electron chi connectivity index (χ2n) is 5.90. The predicted octanol–water partition coefficient (Wildman–Crippen LogP) is 4.35. The molecule has 0 saturated heterocycles. The van der Waals surface area contributed by atoms with Gasteiger partial charge in [-0.3, -0.25) is 0 Å². The molecule has 0 fully saturated rings. The average Bonchev–Trinajstić information content (AvgIpc) is 3.09. The Kier molecular flexibility index (Phi) is 5.73. The molecular formula is C20H21N3O2S. The van der Waals surface area contributed by atoms with Gasteiger partial charge in [-0.05, 0) is 37.6 Å². The number of aromatic nitrogens is 3. The Morgan fingerprint density at radius 3 is 2.69 bits per heavy atom. The fourth-order valence-electron chi connectivity index (χ4n) is 2.73. The molecule has 134 valence electrons. The number of carbonyl (C=O) groups is 1. The standard InChI is InChI=1S/C20H21N3O2S/c1-4-23-18(16-9-5-7-14(2)11-16)21-22-20(23)26-13-15-8-6-10-17(12-15)19(24)25-3/h5-12H,4,13H2,1-3H3. The van der Waals surface area contributed by atoms with Crippen molar-refractivity contribution in [2.24, 2.45) is 0 Å². The van der Waals surface area contributed by atoms with Gasteiger partial charge in [0, 0.05) is 17.9 Å². The maximum Gasteiger partial charge on any atom is 0.337 e. The Hall–Kier alpha value is -2.60. The van der Waals surface area contributed by atoms with Gasteiger partial charge in [0.15, 0.2) is 11.0 Å². The molecule has 0 aliphatic carbocycles. The van der Waals surface area contributed by atoms with Gasteiger partial charge in [0.2, 0.25) is 0 Å². The van der Waals surface area contributed by atoms with Gasteiger partial charge in [-0.25, -0.2) is 4.79 Å². The zero-order chi connectivity index (χ0) is 18.5. The summed E-state index contributed by atoms with van der Waals surface area (Å²) in [7, 11) is 1.39. The lowest BCUT2D eigenvalue weighted by Crippen LogP contribution is -2.02. The number of carbonyl (C=O) groups excluding carboxylic acids is 1. The highest BCUT2D eigenvalue weighted by Crippen LogP contribution is 2.27. The van der Waals surface area contributed by atoms with Crippen LogP contribution in [-0.2, 0) is 17.0 Å². The minimum atomic E-state index is -0.324. The van der Waals surface area contributed by atoms with Crippen LogP contribution in [-0.4, -0.2) is 27.8 Å². The molecule has 0 unspecified atom stereocenters. The van der Waals surface area contributed by atoms with Crippen molar-refractivity contribution in [3.8, 4) is 11.4 Å². The summed E-state index contributed by atoms with van der Waals surface area (Å²) in [6.07, 6.45) is 0. The van der Waals surface area contributed by atoms with Crippen molar-refractivity contribution in [3.63, 3.8) is 0 Å². The van der Waals surface area contributed by atoms with E-state index in [1.807, 2.05) is 24.3 Å². The summed E-state index contributed by atoms with van der Waals surface area (Å²) in [4.78, 5) is 11.7. The molecule has 0 saturated carbocycles. The smallest absolute Gasteiger partial charge is 0.337 e. The molecule has 2 aromatic carbocycles. The molecule has 26 heavy (non-hydrogen) atoms. The zero-order valence-corrected chi connectivity index (χ0v) is 15.9. The molecule has 0 aliphatic rings. The van der Waals surface area contributed by atoms with Crippen LogP contribution in [0.4, 0.5) is 0 Å². The maximum atomic E-state index is 11.7. The number of benzene rings is 2. The lowest BCUT2D eigenvalue weighted by atomic mass is 10.1. The Bertz CT molecular complexity index is 921. The van der Waals surface area contributed by atoms with E-state index in [9.17, 15) is 4.79 Å². The van der Waals surface area contributed by atoms with Crippen LogP contribution >= 0.6 is 11.8 Å². The second-order valence-corrected chi connectivity index (χ2v) is 6.84. The van der Waals surface area contributed by atoms with E-state index in [2.05, 4.69) is 46.8 Å². The fourth-order valence-corrected chi connectivity index (χ4v) is 3.68. The number of ether oxygens (including phenoxy) is 1. The lowest BCUT2D eigenvalue weighted by Gasteiger charge is -2.08. The number of rotatable bonds is 6. The van der Waals surface area contributed by atoms with E-state index in [0.717, 1.165) is 28.7 Å². The van der Waals surface area contributed by atoms with E-state index in [1.165, 1.54) is 12.7 Å². The monoisotopic (exact) mass is 367 g/mol. The van der Waals surface area contributed by atoms with Crippen molar-refractivity contribution < 1.29 is 9.53 Å². The Morgan fingerprint density at radius 2 is 1.96 bits per heavy atom. The van der Waals surface area contributed by atoms with Crippen molar-refractivity contribution >= 4 is 17.7 Å². The SMILES string of the molecule is CCn1c(SCc2cccc(C(=O)OC)c2)nnc1-c1cccc(C)c1. The largest absolute Gasteiger partial charge is 0.465 e. The number of nitrogens with zero attached hydrogens (tertiary/aromatic N) is 3. The zero-order valence-electron chi connectivity index (χ0n) is 15.1. The van der Waals surface area contributed by atoms with Gasteiger partial charge in [-0.15, -0.1) is 10.2 Å². The quantitative estimate of drug-likeness (QED) is 0.479. The third-order valence-corrected chi connectivity index (χ3v) is 5.06. The molecule has 0 radical (unpaired) electrons. The first-order chi connectivity index (χ1) is 12.6. The molecule has 1 aromatic heterocycles. The lowest BCUT2D eigenvalue weighted by molar-refractivity contribution is 0.0600. The fraction of sp³-hybridized carbons (Fsp3) is 0.250. The number of aryl methyl sites for hydroxylation is 1. The van der Waals surface area contributed by atoms with E-state index in [1.54, 1.807) is 17.8 Å². The number of methoxy groups -OCH3 is 1. The summed E-state index contributed by atoms with van der Waals surface area (Å²) in [5.74, 6) is 1.26. The van der Waals surface area contributed by atoms with Crippen LogP contribution in [0.2, 0.25) is 0 Å². The summed E-state index contributed by atoms with van der Waals surface area (Å²) >= 11 is 1.61. The molecule has 1 heterocycles. The highest BCUT2D eigenvalue weighted by molar-refractivity contribution is 7.98. The van der Waals surface area contributed by atoms with Crippen molar-refractivity contribution in [1.29, 1.82) is 0 Å². The van der Waals surface area contributed by atoms with Crippen molar-refractivity contribution in [2.75, 3.05) is 7.11 Å². The maximum absolute atomic E-state index is 11.7. The highest BCUT2D eigenvalue weighted by atomic mass is 32.2. The van der Waals surface area contributed by atoms with Crippen molar-refractivity contribution in [1.82, 2.24) is 14.8 Å². The first kappa shape index (κ1) is 18.2. The number of hydrogen-bond acceptors (Lipinski definition) is 5. The normalized spacial score (nSPS) is 10.7. The predicted molar refractivity (Wildman–Crippen MR) is 103 cm³/mol. The van der Waals surface area contributed by atoms with Crippen LogP contribution in [0.3, 0.4) is 0 Å². The number of thioether (sulfide) groups is 1. The molecule has 0 amide bonds. The van der Waals surface area contributed by atoms with Gasteiger partial charge in [0.1, 0.15) is 0 Å². The summed E-state index contributed by atoms with van der Waals surface area (Å²) < 4.78 is 6.89. The van der Waals surface area contributed by atoms with E-state index in [4.69, 9.17) is 4.74 Å². The highest BCUT2D eigenvalue weighted by Gasteiger charge is 2.14. The summed E-state index contributed by atoms with van der Waals surface area (Å²) in [6, 6.07) is 15.7. The molecule has 0 spiro atoms. The molecule has 3 rings (SSSR count). The van der Waals surface area contributed by atoms with E-state index in [-0.39, 0.29) is 5.97 Å². The van der Waals surface area contributed by atoms with E-state index >= 15 is 0 Å². The van der Waals surface area contributed by atoms with Gasteiger partial charge in [-0.2, -0.15) is 0 Å². The summed E-state index contributed by atoms with van der Waals surface area (Å²) in [5.41, 5.74) is 3.87.